The SMILES string of the molecule is COC(=O)c1ccc(Nc2cc(F)ccc2CN2C(=O)N(c3ccnc(C(C)(C)C)c3)C(=O)C2(C)C)cc1.Cl.O=C(O)C(F)(F)F. The van der Waals surface area contributed by atoms with Crippen LogP contribution in [0.4, 0.5) is 39.4 Å². The number of nitrogens with zero attached hydrogens (tertiary/aromatic N) is 3. The Hall–Kier alpha value is -4.72. The molecular weight excluding hydrogens is 636 g/mol. The number of carboxylic acid groups (broad SMARTS) is 1. The van der Waals surface area contributed by atoms with Crippen molar-refractivity contribution in [3.63, 3.8) is 0 Å². The molecule has 1 aliphatic heterocycles. The number of aliphatic carboxylic acids is 1. The van der Waals surface area contributed by atoms with E-state index in [1.807, 2.05) is 20.8 Å². The number of hydrogen-bond acceptors (Lipinski definition) is 7. The normalized spacial score (nSPS) is 14.2. The van der Waals surface area contributed by atoms with E-state index in [-0.39, 0.29) is 30.3 Å². The first-order valence-electron chi connectivity index (χ1n) is 13.4. The summed E-state index contributed by atoms with van der Waals surface area (Å²) < 4.78 is 50.7. The number of carbonyl (C=O) groups is 4. The molecule has 1 aliphatic rings. The second-order valence-corrected chi connectivity index (χ2v) is 11.5. The van der Waals surface area contributed by atoms with E-state index >= 15 is 0 Å². The third-order valence-electron chi connectivity index (χ3n) is 6.82. The number of alkyl halides is 3. The molecule has 3 aromatic rings. The largest absolute Gasteiger partial charge is 0.490 e. The van der Waals surface area contributed by atoms with E-state index in [0.29, 0.717) is 28.2 Å². The number of hydrogen-bond donors (Lipinski definition) is 2. The molecule has 0 radical (unpaired) electrons. The van der Waals surface area contributed by atoms with Crippen LogP contribution in [0.5, 0.6) is 0 Å². The number of amides is 3. The number of methoxy groups -OCH3 is 1. The van der Waals surface area contributed by atoms with Crippen LogP contribution in [0, 0.1) is 5.82 Å². The number of ether oxygens (including phenoxy) is 1. The minimum Gasteiger partial charge on any atom is -0.475 e. The van der Waals surface area contributed by atoms with Crippen LogP contribution in [-0.2, 0) is 26.3 Å². The number of carbonyl (C=O) groups excluding carboxylic acids is 3. The maximum atomic E-state index is 14.2. The van der Waals surface area contributed by atoms with Crippen molar-refractivity contribution in [2.24, 2.45) is 0 Å². The number of rotatable bonds is 6. The lowest BCUT2D eigenvalue weighted by molar-refractivity contribution is -0.192. The van der Waals surface area contributed by atoms with Gasteiger partial charge < -0.3 is 20.1 Å². The van der Waals surface area contributed by atoms with Crippen LogP contribution >= 0.6 is 12.4 Å². The number of nitrogens with one attached hydrogen (secondary N) is 1. The van der Waals surface area contributed by atoms with Crippen molar-refractivity contribution in [2.45, 2.75) is 58.3 Å². The van der Waals surface area contributed by atoms with Gasteiger partial charge in [-0.15, -0.1) is 12.4 Å². The van der Waals surface area contributed by atoms with Crippen LogP contribution in [0.3, 0.4) is 0 Å². The van der Waals surface area contributed by atoms with E-state index in [9.17, 15) is 31.9 Å². The predicted octanol–water partition coefficient (Wildman–Crippen LogP) is 6.85. The number of urea groups is 1. The number of aromatic nitrogens is 1. The monoisotopic (exact) mass is 668 g/mol. The number of anilines is 3. The van der Waals surface area contributed by atoms with Gasteiger partial charge in [-0.3, -0.25) is 9.78 Å². The van der Waals surface area contributed by atoms with Gasteiger partial charge >= 0.3 is 24.1 Å². The standard InChI is InChI=1S/C29H31FN4O4.C2HF3O2.ClH/c1-28(2,3)24-16-22(13-14-31-24)34-26(36)29(4,5)33(27(34)37)17-19-7-10-20(30)15-23(19)32-21-11-8-18(9-12-21)25(35)38-6;3-2(4,5)1(6)7;/h7-16,32H,17H2,1-6H3;(H,6,7);1H. The Morgan fingerprint density at radius 1 is 1.00 bits per heavy atom. The van der Waals surface area contributed by atoms with Gasteiger partial charge in [0, 0.05) is 28.7 Å². The molecule has 15 heteroatoms. The van der Waals surface area contributed by atoms with Gasteiger partial charge in [0.1, 0.15) is 11.4 Å². The van der Waals surface area contributed by atoms with Crippen molar-refractivity contribution in [2.75, 3.05) is 17.3 Å². The molecule has 4 rings (SSSR count). The molecule has 46 heavy (non-hydrogen) atoms. The van der Waals surface area contributed by atoms with Crippen molar-refractivity contribution >= 4 is 53.3 Å². The lowest BCUT2D eigenvalue weighted by atomic mass is 9.91. The zero-order valence-corrected chi connectivity index (χ0v) is 26.5. The number of benzene rings is 2. The summed E-state index contributed by atoms with van der Waals surface area (Å²) in [6.07, 6.45) is -3.49. The second-order valence-electron chi connectivity index (χ2n) is 11.5. The van der Waals surface area contributed by atoms with E-state index in [0.717, 1.165) is 5.69 Å². The van der Waals surface area contributed by atoms with Crippen LogP contribution < -0.4 is 10.2 Å². The van der Waals surface area contributed by atoms with Crippen molar-refractivity contribution < 1.29 is 46.6 Å². The molecule has 248 valence electrons. The zero-order chi connectivity index (χ0) is 33.9. The van der Waals surface area contributed by atoms with Gasteiger partial charge in [-0.05, 0) is 67.9 Å². The van der Waals surface area contributed by atoms with Gasteiger partial charge in [0.2, 0.25) is 0 Å². The average molecular weight is 669 g/mol. The molecule has 0 atom stereocenters. The highest BCUT2D eigenvalue weighted by Crippen LogP contribution is 2.36. The molecule has 3 amide bonds. The Morgan fingerprint density at radius 2 is 1.59 bits per heavy atom. The molecule has 1 saturated heterocycles. The highest BCUT2D eigenvalue weighted by atomic mass is 35.5. The van der Waals surface area contributed by atoms with Gasteiger partial charge in [0.25, 0.3) is 5.91 Å². The smallest absolute Gasteiger partial charge is 0.475 e. The number of halogens is 5. The second kappa shape index (κ2) is 14.1. The lowest BCUT2D eigenvalue weighted by Crippen LogP contribution is -2.43. The van der Waals surface area contributed by atoms with E-state index in [1.54, 1.807) is 62.5 Å². The number of carboxylic acids is 1. The summed E-state index contributed by atoms with van der Waals surface area (Å²) in [5, 5.41) is 10.3. The molecule has 10 nitrogen and oxygen atoms in total. The summed E-state index contributed by atoms with van der Waals surface area (Å²) in [6.45, 7) is 9.48. The quantitative estimate of drug-likeness (QED) is 0.166. The van der Waals surface area contributed by atoms with Crippen molar-refractivity contribution in [3.8, 4) is 0 Å². The average Bonchev–Trinajstić information content (AvgIpc) is 3.12. The molecule has 0 unspecified atom stereocenters. The van der Waals surface area contributed by atoms with Crippen LogP contribution in [0.2, 0.25) is 0 Å². The zero-order valence-electron chi connectivity index (χ0n) is 25.7. The van der Waals surface area contributed by atoms with Crippen molar-refractivity contribution in [1.82, 2.24) is 9.88 Å². The summed E-state index contributed by atoms with van der Waals surface area (Å²) in [4.78, 5) is 54.8. The predicted molar refractivity (Wildman–Crippen MR) is 164 cm³/mol. The fourth-order valence-electron chi connectivity index (χ4n) is 4.23. The Bertz CT molecular complexity index is 1610. The molecule has 0 aliphatic carbocycles. The van der Waals surface area contributed by atoms with Gasteiger partial charge in [-0.25, -0.2) is 23.7 Å². The third kappa shape index (κ3) is 8.50. The van der Waals surface area contributed by atoms with Gasteiger partial charge in [0.15, 0.2) is 0 Å². The summed E-state index contributed by atoms with van der Waals surface area (Å²) in [5.74, 6) is -4.04. The van der Waals surface area contributed by atoms with E-state index in [4.69, 9.17) is 14.6 Å². The van der Waals surface area contributed by atoms with Gasteiger partial charge in [-0.2, -0.15) is 13.2 Å². The molecule has 0 spiro atoms. The number of esters is 1. The van der Waals surface area contributed by atoms with Crippen molar-refractivity contribution in [3.05, 3.63) is 83.4 Å². The Balaban J connectivity index is 0.000000827. The third-order valence-corrected chi connectivity index (χ3v) is 6.82. The molecular formula is C31H33ClF4N4O6. The molecule has 0 bridgehead atoms. The molecule has 2 N–H and O–H groups in total. The summed E-state index contributed by atoms with van der Waals surface area (Å²) >= 11 is 0. The fourth-order valence-corrected chi connectivity index (χ4v) is 4.23. The first-order valence-corrected chi connectivity index (χ1v) is 13.4. The maximum absolute atomic E-state index is 14.2. The van der Waals surface area contributed by atoms with Crippen LogP contribution in [-0.4, -0.2) is 57.7 Å². The van der Waals surface area contributed by atoms with Crippen molar-refractivity contribution in [1.29, 1.82) is 0 Å². The van der Waals surface area contributed by atoms with Crippen LogP contribution in [0.15, 0.2) is 60.8 Å². The van der Waals surface area contributed by atoms with E-state index < -0.39 is 35.5 Å². The Kier molecular flexibility index (Phi) is 11.5. The molecule has 2 aromatic carbocycles. The van der Waals surface area contributed by atoms with E-state index in [1.165, 1.54) is 29.0 Å². The summed E-state index contributed by atoms with van der Waals surface area (Å²) in [7, 11) is 1.30. The summed E-state index contributed by atoms with van der Waals surface area (Å²) in [5.41, 5.74) is 1.85. The lowest BCUT2D eigenvalue weighted by Gasteiger charge is -2.28. The molecule has 0 saturated carbocycles. The molecule has 2 heterocycles. The minimum absolute atomic E-state index is 0. The fraction of sp³-hybridized carbons (Fsp3) is 0.323. The number of pyridine rings is 1. The minimum atomic E-state index is -5.08. The van der Waals surface area contributed by atoms with E-state index in [2.05, 4.69) is 10.3 Å². The first kappa shape index (κ1) is 37.5. The van der Waals surface area contributed by atoms with Crippen LogP contribution in [0.25, 0.3) is 0 Å². The van der Waals surface area contributed by atoms with Gasteiger partial charge in [0.05, 0.1) is 24.9 Å². The van der Waals surface area contributed by atoms with Gasteiger partial charge in [-0.1, -0.05) is 26.8 Å². The Labute approximate surface area is 268 Å². The highest BCUT2D eigenvalue weighted by molar-refractivity contribution is 6.23. The molecule has 1 aromatic heterocycles. The van der Waals surface area contributed by atoms with Crippen LogP contribution in [0.1, 0.15) is 56.2 Å². The molecule has 1 fully saturated rings. The topological polar surface area (TPSA) is 129 Å². The maximum Gasteiger partial charge on any atom is 0.490 e. The highest BCUT2D eigenvalue weighted by Gasteiger charge is 2.52. The first-order chi connectivity index (χ1) is 20.8. The number of imide groups is 1. The summed E-state index contributed by atoms with van der Waals surface area (Å²) in [6, 6.07) is 13.7. The Morgan fingerprint density at radius 3 is 2.11 bits per heavy atom.